The zero-order valence-electron chi connectivity index (χ0n) is 10.9. The summed E-state index contributed by atoms with van der Waals surface area (Å²) in [6, 6.07) is 10.3. The van der Waals surface area contributed by atoms with Gasteiger partial charge in [0.05, 0.1) is 6.54 Å². The smallest absolute Gasteiger partial charge is 0.209 e. The third-order valence-electron chi connectivity index (χ3n) is 3.50. The number of nitrogens with zero attached hydrogens (tertiary/aromatic N) is 4. The van der Waals surface area contributed by atoms with Gasteiger partial charge in [0.1, 0.15) is 0 Å². The highest BCUT2D eigenvalue weighted by molar-refractivity contribution is 7.99. The van der Waals surface area contributed by atoms with E-state index in [1.54, 1.807) is 0 Å². The number of hydrogen-bond donors (Lipinski definition) is 0. The average Bonchev–Trinajstić information content (AvgIpc) is 2.88. The Labute approximate surface area is 117 Å². The second-order valence-corrected chi connectivity index (χ2v) is 6.25. The van der Waals surface area contributed by atoms with Gasteiger partial charge in [-0.05, 0) is 28.8 Å². The highest BCUT2D eigenvalue weighted by atomic mass is 32.2. The topological polar surface area (TPSA) is 43.6 Å². The second kappa shape index (κ2) is 6.19. The maximum atomic E-state index is 4.17. The van der Waals surface area contributed by atoms with Crippen molar-refractivity contribution in [3.05, 3.63) is 35.9 Å². The van der Waals surface area contributed by atoms with Crippen molar-refractivity contribution in [1.82, 2.24) is 20.2 Å². The Morgan fingerprint density at radius 1 is 1.11 bits per heavy atom. The monoisotopic (exact) mass is 274 g/mol. The predicted molar refractivity (Wildman–Crippen MR) is 76.1 cm³/mol. The van der Waals surface area contributed by atoms with Gasteiger partial charge in [-0.15, -0.1) is 5.10 Å². The molecule has 2 aromatic rings. The fraction of sp³-hybridized carbons (Fsp3) is 0.500. The van der Waals surface area contributed by atoms with E-state index in [9.17, 15) is 0 Å². The van der Waals surface area contributed by atoms with Gasteiger partial charge < -0.3 is 0 Å². The number of tetrazole rings is 1. The van der Waals surface area contributed by atoms with Crippen LogP contribution in [-0.2, 0) is 6.54 Å². The van der Waals surface area contributed by atoms with Crippen LogP contribution in [0.1, 0.15) is 37.7 Å². The molecule has 1 aliphatic rings. The second-order valence-electron chi connectivity index (χ2n) is 4.98. The number of thioether (sulfide) groups is 1. The first-order valence-electron chi connectivity index (χ1n) is 6.88. The van der Waals surface area contributed by atoms with Crippen LogP contribution in [0.25, 0.3) is 0 Å². The summed E-state index contributed by atoms with van der Waals surface area (Å²) in [4.78, 5) is 0. The Bertz CT molecular complexity index is 505. The first-order chi connectivity index (χ1) is 9.42. The van der Waals surface area contributed by atoms with E-state index in [1.165, 1.54) is 37.7 Å². The fourth-order valence-corrected chi connectivity index (χ4v) is 3.64. The number of rotatable bonds is 4. The Hall–Kier alpha value is -1.36. The van der Waals surface area contributed by atoms with Gasteiger partial charge in [-0.3, -0.25) is 0 Å². The van der Waals surface area contributed by atoms with E-state index in [0.717, 1.165) is 11.7 Å². The molecule has 1 saturated carbocycles. The minimum atomic E-state index is 0.689. The van der Waals surface area contributed by atoms with E-state index in [2.05, 4.69) is 27.7 Å². The molecule has 0 bridgehead atoms. The highest BCUT2D eigenvalue weighted by Gasteiger charge is 2.18. The third-order valence-corrected chi connectivity index (χ3v) is 4.81. The molecule has 0 spiro atoms. The number of hydrogen-bond acceptors (Lipinski definition) is 4. The maximum Gasteiger partial charge on any atom is 0.209 e. The summed E-state index contributed by atoms with van der Waals surface area (Å²) in [6.45, 7) is 0.753. The molecule has 3 rings (SSSR count). The molecule has 1 fully saturated rings. The lowest BCUT2D eigenvalue weighted by atomic mass is 10.0. The first-order valence-corrected chi connectivity index (χ1v) is 7.76. The highest BCUT2D eigenvalue weighted by Crippen LogP contribution is 2.32. The molecule has 0 unspecified atom stereocenters. The molecule has 5 heteroatoms. The Morgan fingerprint density at radius 2 is 1.89 bits per heavy atom. The molecule has 4 nitrogen and oxygen atoms in total. The summed E-state index contributed by atoms with van der Waals surface area (Å²) in [7, 11) is 0. The molecule has 0 aliphatic heterocycles. The first kappa shape index (κ1) is 12.7. The van der Waals surface area contributed by atoms with Crippen molar-refractivity contribution in [2.45, 2.75) is 49.1 Å². The van der Waals surface area contributed by atoms with Gasteiger partial charge in [0.2, 0.25) is 5.16 Å². The van der Waals surface area contributed by atoms with Gasteiger partial charge in [0.25, 0.3) is 0 Å². The minimum Gasteiger partial charge on any atom is -0.216 e. The van der Waals surface area contributed by atoms with Crippen molar-refractivity contribution in [1.29, 1.82) is 0 Å². The third kappa shape index (κ3) is 3.35. The molecule has 0 radical (unpaired) electrons. The van der Waals surface area contributed by atoms with Crippen LogP contribution in [-0.4, -0.2) is 25.5 Å². The van der Waals surface area contributed by atoms with Crippen LogP contribution in [0.2, 0.25) is 0 Å². The quantitative estimate of drug-likeness (QED) is 0.859. The molecular weight excluding hydrogens is 256 g/mol. The Kier molecular flexibility index (Phi) is 4.13. The van der Waals surface area contributed by atoms with Gasteiger partial charge in [-0.2, -0.15) is 0 Å². The summed E-state index contributed by atoms with van der Waals surface area (Å²) in [6.07, 6.45) is 6.66. The summed E-state index contributed by atoms with van der Waals surface area (Å²) in [5.74, 6) is 0. The lowest BCUT2D eigenvalue weighted by molar-refractivity contribution is 0.513. The van der Waals surface area contributed by atoms with E-state index >= 15 is 0 Å². The molecule has 100 valence electrons. The van der Waals surface area contributed by atoms with E-state index in [0.29, 0.717) is 5.25 Å². The zero-order valence-corrected chi connectivity index (χ0v) is 11.7. The van der Waals surface area contributed by atoms with Gasteiger partial charge in [0.15, 0.2) is 0 Å². The molecule has 0 amide bonds. The van der Waals surface area contributed by atoms with Gasteiger partial charge in [-0.1, -0.05) is 61.4 Å². The van der Waals surface area contributed by atoms with Gasteiger partial charge in [0, 0.05) is 5.25 Å². The standard InChI is InChI=1S/C14H18N4S/c1-3-7-12(8-4-1)11-18-14(15-16-17-18)19-13-9-5-2-6-10-13/h1,3-4,7-8,13H,2,5-6,9-11H2. The Morgan fingerprint density at radius 3 is 2.68 bits per heavy atom. The molecule has 1 aliphatic carbocycles. The van der Waals surface area contributed by atoms with Crippen LogP contribution < -0.4 is 0 Å². The predicted octanol–water partition coefficient (Wildman–Crippen LogP) is 3.15. The van der Waals surface area contributed by atoms with Crippen LogP contribution in [0.5, 0.6) is 0 Å². The lowest BCUT2D eigenvalue weighted by Crippen LogP contribution is -2.11. The molecule has 0 atom stereocenters. The largest absolute Gasteiger partial charge is 0.216 e. The maximum absolute atomic E-state index is 4.17. The summed E-state index contributed by atoms with van der Waals surface area (Å²) < 4.78 is 1.91. The fourth-order valence-electron chi connectivity index (χ4n) is 2.47. The van der Waals surface area contributed by atoms with Crippen LogP contribution in [0, 0.1) is 0 Å². The molecule has 0 saturated heterocycles. The molecule has 1 aromatic carbocycles. The van der Waals surface area contributed by atoms with Crippen molar-refractivity contribution in [3.8, 4) is 0 Å². The summed E-state index contributed by atoms with van der Waals surface area (Å²) in [5.41, 5.74) is 1.24. The van der Waals surface area contributed by atoms with Crippen LogP contribution in [0.3, 0.4) is 0 Å². The van der Waals surface area contributed by atoms with E-state index < -0.39 is 0 Å². The van der Waals surface area contributed by atoms with E-state index in [1.807, 2.05) is 34.6 Å². The van der Waals surface area contributed by atoms with Crippen LogP contribution in [0.15, 0.2) is 35.5 Å². The van der Waals surface area contributed by atoms with Crippen molar-refractivity contribution in [2.24, 2.45) is 0 Å². The van der Waals surface area contributed by atoms with Crippen molar-refractivity contribution in [2.75, 3.05) is 0 Å². The molecule has 1 aromatic heterocycles. The summed E-state index contributed by atoms with van der Waals surface area (Å²) >= 11 is 1.84. The molecular formula is C14H18N4S. The van der Waals surface area contributed by atoms with Crippen molar-refractivity contribution in [3.63, 3.8) is 0 Å². The van der Waals surface area contributed by atoms with Crippen LogP contribution in [0.4, 0.5) is 0 Å². The van der Waals surface area contributed by atoms with Gasteiger partial charge >= 0.3 is 0 Å². The number of aromatic nitrogens is 4. The van der Waals surface area contributed by atoms with E-state index in [-0.39, 0.29) is 0 Å². The zero-order chi connectivity index (χ0) is 12.9. The van der Waals surface area contributed by atoms with E-state index in [4.69, 9.17) is 0 Å². The SMILES string of the molecule is c1ccc(Cn2nnnc2SC2CCCCC2)cc1. The lowest BCUT2D eigenvalue weighted by Gasteiger charge is -2.20. The molecule has 0 N–H and O–H groups in total. The molecule has 19 heavy (non-hydrogen) atoms. The normalized spacial score (nSPS) is 16.6. The Balaban J connectivity index is 1.68. The van der Waals surface area contributed by atoms with Crippen molar-refractivity contribution < 1.29 is 0 Å². The van der Waals surface area contributed by atoms with Gasteiger partial charge in [-0.25, -0.2) is 4.68 Å². The van der Waals surface area contributed by atoms with Crippen LogP contribution >= 0.6 is 11.8 Å². The minimum absolute atomic E-state index is 0.689. The number of benzene rings is 1. The molecule has 1 heterocycles. The average molecular weight is 274 g/mol. The summed E-state index contributed by atoms with van der Waals surface area (Å²) in [5, 5.41) is 13.8. The van der Waals surface area contributed by atoms with Crippen molar-refractivity contribution >= 4 is 11.8 Å².